The van der Waals surface area contributed by atoms with E-state index in [4.69, 9.17) is 9.84 Å². The van der Waals surface area contributed by atoms with Crippen LogP contribution in [0.25, 0.3) is 0 Å². The molecule has 0 aliphatic rings. The molecule has 0 amide bonds. The first-order valence-corrected chi connectivity index (χ1v) is 5.75. The van der Waals surface area contributed by atoms with Crippen LogP contribution in [0.3, 0.4) is 0 Å². The molecule has 0 radical (unpaired) electrons. The second-order valence-electron chi connectivity index (χ2n) is 3.09. The van der Waals surface area contributed by atoms with Gasteiger partial charge in [0.25, 0.3) is 0 Å². The zero-order valence-corrected chi connectivity index (χ0v) is 10.9. The van der Waals surface area contributed by atoms with Gasteiger partial charge in [-0.15, -0.1) is 0 Å². The van der Waals surface area contributed by atoms with E-state index >= 15 is 0 Å². The first kappa shape index (κ1) is 15.4. The summed E-state index contributed by atoms with van der Waals surface area (Å²) in [6, 6.07) is 5.19. The fourth-order valence-corrected chi connectivity index (χ4v) is 1.22. The van der Waals surface area contributed by atoms with Gasteiger partial charge >= 0.3 is 0 Å². The van der Waals surface area contributed by atoms with E-state index < -0.39 is 0 Å². The number of carbonyl (C=O) groups excluding carboxylic acids is 1. The van der Waals surface area contributed by atoms with E-state index in [2.05, 4.69) is 5.32 Å². The van der Waals surface area contributed by atoms with Crippen molar-refractivity contribution in [2.24, 2.45) is 0 Å². The van der Waals surface area contributed by atoms with Crippen molar-refractivity contribution in [3.05, 3.63) is 23.8 Å². The predicted octanol–water partition coefficient (Wildman–Crippen LogP) is 2.33. The van der Waals surface area contributed by atoms with Gasteiger partial charge in [-0.3, -0.25) is 4.79 Å². The van der Waals surface area contributed by atoms with Crippen molar-refractivity contribution in [3.8, 4) is 5.75 Å². The zero-order chi connectivity index (χ0) is 13.3. The first-order valence-electron chi connectivity index (χ1n) is 5.75. The number of anilines is 1. The maximum absolute atomic E-state index is 11.1. The SMILES string of the molecule is CC.CNc1ccc(C(C)=O)cc1OCCO. The lowest BCUT2D eigenvalue weighted by Gasteiger charge is -2.11. The Bertz CT molecular complexity index is 351. The molecule has 0 heterocycles. The van der Waals surface area contributed by atoms with Gasteiger partial charge in [0.05, 0.1) is 12.3 Å². The Labute approximate surface area is 103 Å². The Morgan fingerprint density at radius 1 is 1.41 bits per heavy atom. The minimum atomic E-state index is -0.0482. The number of Topliss-reactive ketones (excluding diaryl/α,β-unsaturated/α-hetero) is 1. The number of hydrogen-bond acceptors (Lipinski definition) is 4. The topological polar surface area (TPSA) is 58.6 Å². The number of nitrogens with one attached hydrogen (secondary N) is 1. The molecule has 0 fully saturated rings. The molecule has 0 saturated carbocycles. The number of rotatable bonds is 5. The van der Waals surface area contributed by atoms with Crippen LogP contribution in [0.2, 0.25) is 0 Å². The maximum Gasteiger partial charge on any atom is 0.159 e. The summed E-state index contributed by atoms with van der Waals surface area (Å²) >= 11 is 0. The smallest absolute Gasteiger partial charge is 0.159 e. The van der Waals surface area contributed by atoms with Crippen molar-refractivity contribution in [1.29, 1.82) is 0 Å². The number of benzene rings is 1. The Morgan fingerprint density at radius 3 is 2.53 bits per heavy atom. The second-order valence-corrected chi connectivity index (χ2v) is 3.09. The van der Waals surface area contributed by atoms with Crippen LogP contribution in [0, 0.1) is 0 Å². The van der Waals surface area contributed by atoms with Gasteiger partial charge < -0.3 is 15.2 Å². The van der Waals surface area contributed by atoms with Gasteiger partial charge in [-0.2, -0.15) is 0 Å². The Hall–Kier alpha value is -1.55. The van der Waals surface area contributed by atoms with E-state index in [1.165, 1.54) is 6.92 Å². The lowest BCUT2D eigenvalue weighted by molar-refractivity contribution is 0.101. The average Bonchev–Trinajstić information content (AvgIpc) is 2.38. The summed E-state index contributed by atoms with van der Waals surface area (Å²) in [5, 5.41) is 11.6. The molecule has 0 atom stereocenters. The summed E-state index contributed by atoms with van der Waals surface area (Å²) < 4.78 is 5.30. The number of aliphatic hydroxyl groups is 1. The standard InChI is InChI=1S/C11H15NO3.C2H6/c1-8(14)9-3-4-10(12-2)11(7-9)15-6-5-13;1-2/h3-4,7,12-13H,5-6H2,1-2H3;1-2H3. The first-order chi connectivity index (χ1) is 8.19. The molecule has 0 aliphatic heterocycles. The number of ketones is 1. The highest BCUT2D eigenvalue weighted by atomic mass is 16.5. The van der Waals surface area contributed by atoms with Crippen molar-refractivity contribution in [2.75, 3.05) is 25.6 Å². The van der Waals surface area contributed by atoms with E-state index in [0.29, 0.717) is 11.3 Å². The fraction of sp³-hybridized carbons (Fsp3) is 0.462. The van der Waals surface area contributed by atoms with E-state index in [1.54, 1.807) is 25.2 Å². The van der Waals surface area contributed by atoms with Crippen LogP contribution >= 0.6 is 0 Å². The van der Waals surface area contributed by atoms with Crippen LogP contribution in [0.5, 0.6) is 5.75 Å². The summed E-state index contributed by atoms with van der Waals surface area (Å²) in [6.07, 6.45) is 0. The molecule has 0 spiro atoms. The molecule has 2 N–H and O–H groups in total. The Balaban J connectivity index is 0.00000121. The molecule has 17 heavy (non-hydrogen) atoms. The lowest BCUT2D eigenvalue weighted by atomic mass is 10.1. The lowest BCUT2D eigenvalue weighted by Crippen LogP contribution is -2.05. The van der Waals surface area contributed by atoms with Crippen molar-refractivity contribution in [2.45, 2.75) is 20.8 Å². The molecule has 1 aromatic rings. The summed E-state index contributed by atoms with van der Waals surface area (Å²) in [4.78, 5) is 11.1. The summed E-state index contributed by atoms with van der Waals surface area (Å²) in [6.45, 7) is 5.67. The predicted molar refractivity (Wildman–Crippen MR) is 69.9 cm³/mol. The fourth-order valence-electron chi connectivity index (χ4n) is 1.22. The molecule has 4 heteroatoms. The molecule has 0 unspecified atom stereocenters. The highest BCUT2D eigenvalue weighted by molar-refractivity contribution is 5.95. The molecule has 1 rings (SSSR count). The number of hydrogen-bond donors (Lipinski definition) is 2. The number of aliphatic hydroxyl groups excluding tert-OH is 1. The molecule has 4 nitrogen and oxygen atoms in total. The van der Waals surface area contributed by atoms with Crippen molar-refractivity contribution < 1.29 is 14.6 Å². The highest BCUT2D eigenvalue weighted by Crippen LogP contribution is 2.25. The van der Waals surface area contributed by atoms with Crippen LogP contribution in [0.4, 0.5) is 5.69 Å². The minimum absolute atomic E-state index is 0.00787. The largest absolute Gasteiger partial charge is 0.489 e. The normalized spacial score (nSPS) is 9.00. The highest BCUT2D eigenvalue weighted by Gasteiger charge is 2.06. The minimum Gasteiger partial charge on any atom is -0.489 e. The van der Waals surface area contributed by atoms with Gasteiger partial charge in [-0.05, 0) is 25.1 Å². The van der Waals surface area contributed by atoms with E-state index in [0.717, 1.165) is 5.69 Å². The Kier molecular flexibility index (Phi) is 7.80. The van der Waals surface area contributed by atoms with Crippen molar-refractivity contribution >= 4 is 11.5 Å². The molecular formula is C13H21NO3. The Morgan fingerprint density at radius 2 is 2.06 bits per heavy atom. The van der Waals surface area contributed by atoms with Crippen LogP contribution in [0.1, 0.15) is 31.1 Å². The van der Waals surface area contributed by atoms with Crippen LogP contribution in [0.15, 0.2) is 18.2 Å². The van der Waals surface area contributed by atoms with Crippen LogP contribution in [-0.2, 0) is 0 Å². The molecule has 1 aromatic carbocycles. The average molecular weight is 239 g/mol. The summed E-state index contributed by atoms with van der Waals surface area (Å²) in [7, 11) is 1.77. The van der Waals surface area contributed by atoms with Gasteiger partial charge in [0.15, 0.2) is 5.78 Å². The molecule has 0 bridgehead atoms. The van der Waals surface area contributed by atoms with Crippen LogP contribution < -0.4 is 10.1 Å². The quantitative estimate of drug-likeness (QED) is 0.774. The van der Waals surface area contributed by atoms with Gasteiger partial charge in [0, 0.05) is 12.6 Å². The molecule has 0 aromatic heterocycles. The van der Waals surface area contributed by atoms with Gasteiger partial charge in [-0.1, -0.05) is 13.8 Å². The molecule has 0 aliphatic carbocycles. The van der Waals surface area contributed by atoms with Gasteiger partial charge in [0.2, 0.25) is 0 Å². The van der Waals surface area contributed by atoms with Crippen molar-refractivity contribution in [1.82, 2.24) is 0 Å². The molecular weight excluding hydrogens is 218 g/mol. The summed E-state index contributed by atoms with van der Waals surface area (Å²) in [5.74, 6) is 0.575. The summed E-state index contributed by atoms with van der Waals surface area (Å²) in [5.41, 5.74) is 1.40. The molecule has 96 valence electrons. The number of ether oxygens (including phenoxy) is 1. The zero-order valence-electron chi connectivity index (χ0n) is 10.9. The second kappa shape index (κ2) is 8.58. The third kappa shape index (κ3) is 4.87. The number of carbonyl (C=O) groups is 1. The van der Waals surface area contributed by atoms with E-state index in [9.17, 15) is 4.79 Å². The van der Waals surface area contributed by atoms with Gasteiger partial charge in [0.1, 0.15) is 12.4 Å². The third-order valence-electron chi connectivity index (χ3n) is 2.01. The third-order valence-corrected chi connectivity index (χ3v) is 2.01. The monoisotopic (exact) mass is 239 g/mol. The van der Waals surface area contributed by atoms with Gasteiger partial charge in [-0.25, -0.2) is 0 Å². The van der Waals surface area contributed by atoms with E-state index in [1.807, 2.05) is 13.8 Å². The van der Waals surface area contributed by atoms with E-state index in [-0.39, 0.29) is 19.0 Å². The van der Waals surface area contributed by atoms with Crippen molar-refractivity contribution in [3.63, 3.8) is 0 Å². The maximum atomic E-state index is 11.1. The molecule has 0 saturated heterocycles. The van der Waals surface area contributed by atoms with Crippen LogP contribution in [-0.4, -0.2) is 31.2 Å².